The zero-order valence-electron chi connectivity index (χ0n) is 17.9. The molecular weight excluding hydrogens is 451 g/mol. The molecule has 0 spiro atoms. The predicted octanol–water partition coefficient (Wildman–Crippen LogP) is 4.46. The van der Waals surface area contributed by atoms with Crippen LogP contribution in [0.2, 0.25) is 0 Å². The van der Waals surface area contributed by atoms with Crippen LogP contribution in [0.4, 0.5) is 18.9 Å². The standard InChI is InChI=1S/C23H24F3N5OS/c24-17-9-10-18(22(26)21(17)25)27-20(32)15-33-23-29-28-19(14-30-11-5-2-6-12-30)31(23)13-16-7-3-1-4-8-16/h1,3-4,7-10H,2,5-6,11-15H2,(H,27,32). The van der Waals surface area contributed by atoms with E-state index >= 15 is 0 Å². The Kier molecular flexibility index (Phi) is 7.66. The lowest BCUT2D eigenvalue weighted by Gasteiger charge is -2.26. The maximum atomic E-state index is 13.9. The van der Waals surface area contributed by atoms with Crippen LogP contribution >= 0.6 is 11.8 Å². The fraction of sp³-hybridized carbons (Fsp3) is 0.348. The van der Waals surface area contributed by atoms with Crippen molar-refractivity contribution < 1.29 is 18.0 Å². The van der Waals surface area contributed by atoms with Gasteiger partial charge in [-0.05, 0) is 43.6 Å². The third kappa shape index (κ3) is 5.94. The van der Waals surface area contributed by atoms with Crippen molar-refractivity contribution in [3.63, 3.8) is 0 Å². The number of hydrogen-bond acceptors (Lipinski definition) is 5. The number of carbonyl (C=O) groups is 1. The van der Waals surface area contributed by atoms with Crippen molar-refractivity contribution in [2.24, 2.45) is 0 Å². The molecule has 2 aromatic carbocycles. The number of hydrogen-bond donors (Lipinski definition) is 1. The molecule has 174 valence electrons. The number of likely N-dealkylation sites (tertiary alicyclic amines) is 1. The zero-order valence-corrected chi connectivity index (χ0v) is 18.8. The van der Waals surface area contributed by atoms with Crippen molar-refractivity contribution in [3.05, 3.63) is 71.3 Å². The summed E-state index contributed by atoms with van der Waals surface area (Å²) < 4.78 is 42.4. The van der Waals surface area contributed by atoms with Crippen LogP contribution in [-0.4, -0.2) is 44.4 Å². The highest BCUT2D eigenvalue weighted by atomic mass is 32.2. The van der Waals surface area contributed by atoms with E-state index in [1.165, 1.54) is 6.42 Å². The molecule has 33 heavy (non-hydrogen) atoms. The number of aromatic nitrogens is 3. The van der Waals surface area contributed by atoms with Crippen LogP contribution in [0.3, 0.4) is 0 Å². The zero-order chi connectivity index (χ0) is 23.2. The molecular formula is C23H24F3N5OS. The minimum atomic E-state index is -1.62. The summed E-state index contributed by atoms with van der Waals surface area (Å²) in [5.74, 6) is -4.19. The van der Waals surface area contributed by atoms with Crippen molar-refractivity contribution in [2.45, 2.75) is 37.5 Å². The lowest BCUT2D eigenvalue weighted by atomic mass is 10.1. The molecule has 3 aromatic rings. The van der Waals surface area contributed by atoms with Crippen LogP contribution in [0.25, 0.3) is 0 Å². The van der Waals surface area contributed by atoms with Crippen LogP contribution in [0, 0.1) is 17.5 Å². The van der Waals surface area contributed by atoms with Crippen LogP contribution in [-0.2, 0) is 17.9 Å². The van der Waals surface area contributed by atoms with E-state index < -0.39 is 29.0 Å². The van der Waals surface area contributed by atoms with Gasteiger partial charge in [0.2, 0.25) is 5.91 Å². The summed E-state index contributed by atoms with van der Waals surface area (Å²) in [5, 5.41) is 11.5. The summed E-state index contributed by atoms with van der Waals surface area (Å²) in [7, 11) is 0. The molecule has 1 aromatic heterocycles. The summed E-state index contributed by atoms with van der Waals surface area (Å²) in [6.07, 6.45) is 3.56. The molecule has 6 nitrogen and oxygen atoms in total. The molecule has 0 atom stereocenters. The van der Waals surface area contributed by atoms with Gasteiger partial charge in [0.25, 0.3) is 0 Å². The highest BCUT2D eigenvalue weighted by molar-refractivity contribution is 7.99. The van der Waals surface area contributed by atoms with Gasteiger partial charge in [0.1, 0.15) is 5.82 Å². The number of amides is 1. The lowest BCUT2D eigenvalue weighted by molar-refractivity contribution is -0.113. The monoisotopic (exact) mass is 475 g/mol. The average Bonchev–Trinajstić information content (AvgIpc) is 3.20. The molecule has 1 saturated heterocycles. The smallest absolute Gasteiger partial charge is 0.234 e. The van der Waals surface area contributed by atoms with Crippen molar-refractivity contribution in [3.8, 4) is 0 Å². The largest absolute Gasteiger partial charge is 0.323 e. The molecule has 0 aliphatic carbocycles. The molecule has 10 heteroatoms. The fourth-order valence-electron chi connectivity index (χ4n) is 3.72. The van der Waals surface area contributed by atoms with Crippen molar-refractivity contribution in [1.29, 1.82) is 0 Å². The molecule has 2 heterocycles. The topological polar surface area (TPSA) is 63.1 Å². The van der Waals surface area contributed by atoms with E-state index in [9.17, 15) is 18.0 Å². The molecule has 0 unspecified atom stereocenters. The van der Waals surface area contributed by atoms with Gasteiger partial charge in [0.15, 0.2) is 22.6 Å². The summed E-state index contributed by atoms with van der Waals surface area (Å²) in [6.45, 7) is 3.26. The Labute approximate surface area is 194 Å². The van der Waals surface area contributed by atoms with Gasteiger partial charge in [-0.1, -0.05) is 48.5 Å². The number of rotatable bonds is 8. The normalized spacial score (nSPS) is 14.4. The quantitative estimate of drug-likeness (QED) is 0.385. The second-order valence-electron chi connectivity index (χ2n) is 7.87. The maximum absolute atomic E-state index is 13.9. The molecule has 0 saturated carbocycles. The molecule has 1 amide bonds. The molecule has 1 aliphatic rings. The highest BCUT2D eigenvalue weighted by Crippen LogP contribution is 2.23. The Bertz CT molecular complexity index is 1100. The third-order valence-corrected chi connectivity index (χ3v) is 6.40. The number of nitrogens with one attached hydrogen (secondary N) is 1. The van der Waals surface area contributed by atoms with E-state index in [-0.39, 0.29) is 5.75 Å². The van der Waals surface area contributed by atoms with Gasteiger partial charge in [0, 0.05) is 0 Å². The number of carbonyl (C=O) groups excluding carboxylic acids is 1. The van der Waals surface area contributed by atoms with Gasteiger partial charge < -0.3 is 9.88 Å². The van der Waals surface area contributed by atoms with E-state index in [0.717, 1.165) is 61.2 Å². The molecule has 0 bridgehead atoms. The second-order valence-corrected chi connectivity index (χ2v) is 8.81. The fourth-order valence-corrected chi connectivity index (χ4v) is 4.48. The molecule has 1 N–H and O–H groups in total. The van der Waals surface area contributed by atoms with Gasteiger partial charge >= 0.3 is 0 Å². The number of piperidine rings is 1. The second kappa shape index (κ2) is 10.8. The Hall–Kier alpha value is -2.85. The van der Waals surface area contributed by atoms with E-state index in [4.69, 9.17) is 0 Å². The average molecular weight is 476 g/mol. The Morgan fingerprint density at radius 2 is 1.70 bits per heavy atom. The van der Waals surface area contributed by atoms with Gasteiger partial charge in [-0.25, -0.2) is 13.2 Å². The highest BCUT2D eigenvalue weighted by Gasteiger charge is 2.20. The first-order valence-electron chi connectivity index (χ1n) is 10.8. The minimum absolute atomic E-state index is 0.0882. The number of anilines is 1. The van der Waals surface area contributed by atoms with Gasteiger partial charge in [-0.3, -0.25) is 9.69 Å². The van der Waals surface area contributed by atoms with Crippen LogP contribution in [0.5, 0.6) is 0 Å². The first-order valence-corrected chi connectivity index (χ1v) is 11.7. The summed E-state index contributed by atoms with van der Waals surface area (Å²) >= 11 is 1.16. The Morgan fingerprint density at radius 3 is 2.45 bits per heavy atom. The van der Waals surface area contributed by atoms with Crippen molar-refractivity contribution in [1.82, 2.24) is 19.7 Å². The summed E-state index contributed by atoms with van der Waals surface area (Å²) in [4.78, 5) is 14.7. The number of nitrogens with zero attached hydrogens (tertiary/aromatic N) is 4. The van der Waals surface area contributed by atoms with E-state index in [1.54, 1.807) is 0 Å². The number of benzene rings is 2. The molecule has 0 radical (unpaired) electrons. The first-order chi connectivity index (χ1) is 16.0. The summed E-state index contributed by atoms with van der Waals surface area (Å²) in [6, 6.07) is 11.6. The van der Waals surface area contributed by atoms with Crippen LogP contribution in [0.15, 0.2) is 47.6 Å². The van der Waals surface area contributed by atoms with Crippen molar-refractivity contribution in [2.75, 3.05) is 24.2 Å². The number of thioether (sulfide) groups is 1. The van der Waals surface area contributed by atoms with Crippen LogP contribution in [0.1, 0.15) is 30.7 Å². The van der Waals surface area contributed by atoms with E-state index in [2.05, 4.69) is 20.4 Å². The lowest BCUT2D eigenvalue weighted by Crippen LogP contribution is -2.30. The third-order valence-electron chi connectivity index (χ3n) is 5.43. The SMILES string of the molecule is O=C(CSc1nnc(CN2CCCCC2)n1Cc1ccccc1)Nc1ccc(F)c(F)c1F. The minimum Gasteiger partial charge on any atom is -0.323 e. The van der Waals surface area contributed by atoms with E-state index in [1.807, 2.05) is 34.9 Å². The van der Waals surface area contributed by atoms with Gasteiger partial charge in [-0.2, -0.15) is 0 Å². The molecule has 1 aliphatic heterocycles. The number of halogens is 3. The predicted molar refractivity (Wildman–Crippen MR) is 120 cm³/mol. The maximum Gasteiger partial charge on any atom is 0.234 e. The summed E-state index contributed by atoms with van der Waals surface area (Å²) in [5.41, 5.74) is 0.670. The van der Waals surface area contributed by atoms with Gasteiger partial charge in [-0.15, -0.1) is 10.2 Å². The van der Waals surface area contributed by atoms with Gasteiger partial charge in [0.05, 0.1) is 24.5 Å². The Balaban J connectivity index is 1.46. The molecule has 4 rings (SSSR count). The van der Waals surface area contributed by atoms with E-state index in [0.29, 0.717) is 18.2 Å². The molecule has 1 fully saturated rings. The van der Waals surface area contributed by atoms with Crippen LogP contribution < -0.4 is 5.32 Å². The first kappa shape index (κ1) is 23.3. The van der Waals surface area contributed by atoms with Crippen molar-refractivity contribution >= 4 is 23.4 Å². The Morgan fingerprint density at radius 1 is 0.939 bits per heavy atom.